The topological polar surface area (TPSA) is 25.0 Å². The van der Waals surface area contributed by atoms with Crippen molar-refractivity contribution in [3.8, 4) is 0 Å². The van der Waals surface area contributed by atoms with Crippen molar-refractivity contribution in [3.63, 3.8) is 0 Å². The zero-order valence-corrected chi connectivity index (χ0v) is 10.7. The van der Waals surface area contributed by atoms with Crippen molar-refractivity contribution in [1.82, 2.24) is 4.98 Å². The molecule has 2 heteroatoms. The van der Waals surface area contributed by atoms with Crippen LogP contribution in [0.3, 0.4) is 0 Å². The van der Waals surface area contributed by atoms with Crippen LogP contribution < -0.4 is 0 Å². The lowest BCUT2D eigenvalue weighted by atomic mass is 9.68. The average molecular weight is 241 g/mol. The summed E-state index contributed by atoms with van der Waals surface area (Å²) in [6, 6.07) is 8.74. The Balaban J connectivity index is 1.79. The summed E-state index contributed by atoms with van der Waals surface area (Å²) in [6.07, 6.45) is 6.27. The van der Waals surface area contributed by atoms with Crippen molar-refractivity contribution < 1.29 is 4.74 Å². The third-order valence-corrected chi connectivity index (χ3v) is 4.91. The number of aryl methyl sites for hydroxylation is 1. The minimum Gasteiger partial charge on any atom is -0.381 e. The molecule has 1 N–H and O–H groups in total. The van der Waals surface area contributed by atoms with Crippen molar-refractivity contribution in [2.45, 2.75) is 32.1 Å². The fourth-order valence-electron chi connectivity index (χ4n) is 3.76. The van der Waals surface area contributed by atoms with Gasteiger partial charge in [-0.05, 0) is 49.1 Å². The zero-order valence-electron chi connectivity index (χ0n) is 10.7. The van der Waals surface area contributed by atoms with Gasteiger partial charge in [-0.25, -0.2) is 0 Å². The molecule has 1 spiro atoms. The molecule has 1 saturated heterocycles. The maximum absolute atomic E-state index is 5.55. The predicted octanol–water partition coefficient (Wildman–Crippen LogP) is 3.45. The third kappa shape index (κ3) is 1.52. The number of rotatable bonds is 0. The minimum atomic E-state index is 0.524. The van der Waals surface area contributed by atoms with Crippen molar-refractivity contribution in [3.05, 3.63) is 35.5 Å². The van der Waals surface area contributed by atoms with Crippen LogP contribution in [-0.2, 0) is 17.6 Å². The number of aromatic nitrogens is 1. The van der Waals surface area contributed by atoms with Gasteiger partial charge in [-0.3, -0.25) is 0 Å². The first-order valence-electron chi connectivity index (χ1n) is 7.03. The molecule has 2 heterocycles. The first-order chi connectivity index (χ1) is 8.86. The molecular weight excluding hydrogens is 222 g/mol. The van der Waals surface area contributed by atoms with E-state index in [0.29, 0.717) is 5.41 Å². The summed E-state index contributed by atoms with van der Waals surface area (Å²) < 4.78 is 5.55. The number of para-hydroxylation sites is 1. The Morgan fingerprint density at radius 3 is 2.78 bits per heavy atom. The maximum atomic E-state index is 5.55. The van der Waals surface area contributed by atoms with E-state index < -0.39 is 0 Å². The first-order valence-corrected chi connectivity index (χ1v) is 7.03. The molecule has 94 valence electrons. The van der Waals surface area contributed by atoms with Gasteiger partial charge in [-0.15, -0.1) is 0 Å². The van der Waals surface area contributed by atoms with Crippen molar-refractivity contribution >= 4 is 10.9 Å². The summed E-state index contributed by atoms with van der Waals surface area (Å²) in [6.45, 7) is 1.91. The second-order valence-corrected chi connectivity index (χ2v) is 5.92. The van der Waals surface area contributed by atoms with Gasteiger partial charge in [0.05, 0.1) is 0 Å². The van der Waals surface area contributed by atoms with E-state index in [1.807, 2.05) is 0 Å². The summed E-state index contributed by atoms with van der Waals surface area (Å²) >= 11 is 0. The number of ether oxygens (including phenoxy) is 1. The van der Waals surface area contributed by atoms with Gasteiger partial charge in [-0.1, -0.05) is 18.2 Å². The van der Waals surface area contributed by atoms with Crippen LogP contribution in [0.25, 0.3) is 10.9 Å². The molecule has 1 aromatic carbocycles. The molecule has 0 amide bonds. The number of aromatic amines is 1. The van der Waals surface area contributed by atoms with Gasteiger partial charge in [-0.2, -0.15) is 0 Å². The highest BCUT2D eigenvalue weighted by Gasteiger charge is 2.37. The van der Waals surface area contributed by atoms with Gasteiger partial charge in [0.1, 0.15) is 0 Å². The molecule has 1 aliphatic heterocycles. The standard InChI is InChI=1S/C16H19NO/c1-2-4-14-12(3-1)13-11-16(6-5-15(13)17-14)7-9-18-10-8-16/h1-4,17H,5-11H2. The fraction of sp³-hybridized carbons (Fsp3) is 0.500. The number of benzene rings is 1. The Morgan fingerprint density at radius 1 is 1.06 bits per heavy atom. The van der Waals surface area contributed by atoms with Gasteiger partial charge in [0, 0.05) is 29.8 Å². The molecule has 18 heavy (non-hydrogen) atoms. The Bertz CT molecular complexity index is 578. The maximum Gasteiger partial charge on any atom is 0.0471 e. The van der Waals surface area contributed by atoms with Crippen LogP contribution >= 0.6 is 0 Å². The second-order valence-electron chi connectivity index (χ2n) is 5.92. The highest BCUT2D eigenvalue weighted by Crippen LogP contribution is 2.44. The molecule has 1 fully saturated rings. The SMILES string of the molecule is c1ccc2c3c([nH]c2c1)CCC1(CCOCC1)C3. The van der Waals surface area contributed by atoms with Crippen LogP contribution in [0.5, 0.6) is 0 Å². The molecule has 4 rings (SSSR count). The molecule has 1 aliphatic carbocycles. The van der Waals surface area contributed by atoms with E-state index in [-0.39, 0.29) is 0 Å². The first kappa shape index (κ1) is 10.6. The molecule has 0 atom stereocenters. The van der Waals surface area contributed by atoms with Crippen LogP contribution in [-0.4, -0.2) is 18.2 Å². The molecule has 0 radical (unpaired) electrons. The Morgan fingerprint density at radius 2 is 1.89 bits per heavy atom. The van der Waals surface area contributed by atoms with E-state index in [0.717, 1.165) is 13.2 Å². The molecule has 2 aliphatic rings. The van der Waals surface area contributed by atoms with Gasteiger partial charge in [0.25, 0.3) is 0 Å². The second kappa shape index (κ2) is 3.86. The van der Waals surface area contributed by atoms with E-state index in [9.17, 15) is 0 Å². The highest BCUT2D eigenvalue weighted by atomic mass is 16.5. The quantitative estimate of drug-likeness (QED) is 0.750. The molecular formula is C16H19NO. The van der Waals surface area contributed by atoms with Crippen LogP contribution in [0.15, 0.2) is 24.3 Å². The molecule has 0 bridgehead atoms. The number of H-pyrrole nitrogens is 1. The smallest absolute Gasteiger partial charge is 0.0471 e. The Hall–Kier alpha value is -1.28. The third-order valence-electron chi connectivity index (χ3n) is 4.91. The number of fused-ring (bicyclic) bond motifs is 3. The van der Waals surface area contributed by atoms with Gasteiger partial charge in [0.15, 0.2) is 0 Å². The normalized spacial score (nSPS) is 22.2. The summed E-state index contributed by atoms with van der Waals surface area (Å²) in [4.78, 5) is 3.61. The van der Waals surface area contributed by atoms with Crippen LogP contribution in [0.2, 0.25) is 0 Å². The number of hydrogen-bond acceptors (Lipinski definition) is 1. The summed E-state index contributed by atoms with van der Waals surface area (Å²) in [7, 11) is 0. The summed E-state index contributed by atoms with van der Waals surface area (Å²) in [5, 5.41) is 1.44. The zero-order chi connectivity index (χ0) is 12.0. The van der Waals surface area contributed by atoms with Crippen LogP contribution in [0.1, 0.15) is 30.5 Å². The van der Waals surface area contributed by atoms with Gasteiger partial charge in [0.2, 0.25) is 0 Å². The average Bonchev–Trinajstić information content (AvgIpc) is 2.78. The minimum absolute atomic E-state index is 0.524. The molecule has 0 saturated carbocycles. The fourth-order valence-corrected chi connectivity index (χ4v) is 3.76. The summed E-state index contributed by atoms with van der Waals surface area (Å²) in [5.41, 5.74) is 4.90. The van der Waals surface area contributed by atoms with Crippen molar-refractivity contribution in [2.75, 3.05) is 13.2 Å². The lowest BCUT2D eigenvalue weighted by molar-refractivity contribution is 0.00758. The van der Waals surface area contributed by atoms with Crippen LogP contribution in [0.4, 0.5) is 0 Å². The number of nitrogens with one attached hydrogen (secondary N) is 1. The Labute approximate surface area is 107 Å². The lowest BCUT2D eigenvalue weighted by Crippen LogP contribution is -2.34. The monoisotopic (exact) mass is 241 g/mol. The number of hydrogen-bond donors (Lipinski definition) is 1. The van der Waals surface area contributed by atoms with E-state index in [1.165, 1.54) is 48.7 Å². The van der Waals surface area contributed by atoms with Crippen LogP contribution in [0, 0.1) is 5.41 Å². The van der Waals surface area contributed by atoms with E-state index in [2.05, 4.69) is 29.2 Å². The van der Waals surface area contributed by atoms with Crippen molar-refractivity contribution in [1.29, 1.82) is 0 Å². The summed E-state index contributed by atoms with van der Waals surface area (Å²) in [5.74, 6) is 0. The largest absolute Gasteiger partial charge is 0.381 e. The molecule has 0 unspecified atom stereocenters. The lowest BCUT2D eigenvalue weighted by Gasteiger charge is -2.40. The predicted molar refractivity (Wildman–Crippen MR) is 72.8 cm³/mol. The van der Waals surface area contributed by atoms with E-state index in [1.54, 1.807) is 5.56 Å². The Kier molecular flexibility index (Phi) is 2.28. The van der Waals surface area contributed by atoms with Gasteiger partial charge >= 0.3 is 0 Å². The van der Waals surface area contributed by atoms with E-state index >= 15 is 0 Å². The van der Waals surface area contributed by atoms with Crippen molar-refractivity contribution in [2.24, 2.45) is 5.41 Å². The molecule has 1 aromatic heterocycles. The highest BCUT2D eigenvalue weighted by molar-refractivity contribution is 5.85. The molecule has 2 nitrogen and oxygen atoms in total. The molecule has 2 aromatic rings. The van der Waals surface area contributed by atoms with E-state index in [4.69, 9.17) is 4.74 Å². The van der Waals surface area contributed by atoms with Gasteiger partial charge < -0.3 is 9.72 Å².